The van der Waals surface area contributed by atoms with Gasteiger partial charge in [-0.15, -0.1) is 10.2 Å². The van der Waals surface area contributed by atoms with E-state index in [1.807, 2.05) is 28.8 Å². The van der Waals surface area contributed by atoms with Crippen molar-refractivity contribution in [3.05, 3.63) is 59.4 Å². The number of hydrogen-bond acceptors (Lipinski definition) is 7. The van der Waals surface area contributed by atoms with E-state index in [0.29, 0.717) is 40.4 Å². The highest BCUT2D eigenvalue weighted by atomic mass is 32.2. The first kappa shape index (κ1) is 26.6. The second-order valence-corrected chi connectivity index (χ2v) is 14.2. The molecule has 2 heterocycles. The van der Waals surface area contributed by atoms with Gasteiger partial charge in [0, 0.05) is 5.41 Å². The second-order valence-electron chi connectivity index (χ2n) is 12.2. The van der Waals surface area contributed by atoms with E-state index >= 15 is 0 Å². The summed E-state index contributed by atoms with van der Waals surface area (Å²) in [6, 6.07) is 14.1. The minimum atomic E-state index is -0.213. The molecule has 2 aromatic heterocycles. The molecular formula is C31H34N6O2S2. The molecule has 0 saturated heterocycles. The summed E-state index contributed by atoms with van der Waals surface area (Å²) in [5.41, 5.74) is 3.81. The first-order valence-corrected chi connectivity index (χ1v) is 16.2. The van der Waals surface area contributed by atoms with E-state index in [4.69, 9.17) is 0 Å². The van der Waals surface area contributed by atoms with E-state index in [1.54, 1.807) is 0 Å². The summed E-state index contributed by atoms with van der Waals surface area (Å²) in [6.07, 6.45) is 7.00. The van der Waals surface area contributed by atoms with Crippen molar-refractivity contribution in [1.29, 1.82) is 0 Å². The number of anilines is 1. The lowest BCUT2D eigenvalue weighted by atomic mass is 9.49. The normalized spacial score (nSPS) is 24.6. The predicted octanol–water partition coefficient (Wildman–Crippen LogP) is 6.06. The molecule has 0 spiro atoms. The molecular weight excluding hydrogens is 553 g/mol. The lowest BCUT2D eigenvalue weighted by molar-refractivity contribution is -0.146. The van der Waals surface area contributed by atoms with E-state index in [-0.39, 0.29) is 23.0 Å². The molecule has 8 rings (SSSR count). The van der Waals surface area contributed by atoms with Crippen LogP contribution in [0, 0.1) is 37.0 Å². The molecule has 8 nitrogen and oxygen atoms in total. The number of thioether (sulfide) groups is 1. The largest absolute Gasteiger partial charge is 0.348 e. The van der Waals surface area contributed by atoms with Crippen LogP contribution in [0.2, 0.25) is 0 Å². The molecule has 4 fully saturated rings. The van der Waals surface area contributed by atoms with Gasteiger partial charge in [0.2, 0.25) is 11.8 Å². The molecule has 0 radical (unpaired) electrons. The summed E-state index contributed by atoms with van der Waals surface area (Å²) < 4.78 is 3.03. The van der Waals surface area contributed by atoms with Crippen LogP contribution in [0.4, 0.5) is 5.13 Å². The fourth-order valence-electron chi connectivity index (χ4n) is 7.66. The fourth-order valence-corrected chi connectivity index (χ4v) is 9.30. The van der Waals surface area contributed by atoms with Gasteiger partial charge in [-0.1, -0.05) is 47.4 Å². The number of nitrogens with one attached hydrogen (secondary N) is 2. The first-order chi connectivity index (χ1) is 19.8. The number of fused-ring (bicyclic) bond motifs is 1. The minimum absolute atomic E-state index is 0.152. The van der Waals surface area contributed by atoms with E-state index < -0.39 is 0 Å². The van der Waals surface area contributed by atoms with Gasteiger partial charge in [0.1, 0.15) is 0 Å². The van der Waals surface area contributed by atoms with Crippen molar-refractivity contribution < 1.29 is 9.59 Å². The number of rotatable bonds is 8. The van der Waals surface area contributed by atoms with Gasteiger partial charge >= 0.3 is 0 Å². The summed E-state index contributed by atoms with van der Waals surface area (Å²) in [5.74, 6) is 3.00. The highest BCUT2D eigenvalue weighted by Crippen LogP contribution is 2.60. The van der Waals surface area contributed by atoms with Gasteiger partial charge in [-0.25, -0.2) is 4.98 Å². The highest BCUT2D eigenvalue weighted by Gasteiger charge is 2.54. The van der Waals surface area contributed by atoms with Crippen LogP contribution in [-0.2, 0) is 16.1 Å². The van der Waals surface area contributed by atoms with Crippen LogP contribution >= 0.6 is 23.1 Å². The molecule has 4 aromatic rings. The predicted molar refractivity (Wildman–Crippen MR) is 162 cm³/mol. The molecule has 41 heavy (non-hydrogen) atoms. The Morgan fingerprint density at radius 3 is 2.49 bits per heavy atom. The summed E-state index contributed by atoms with van der Waals surface area (Å²) in [7, 11) is 0. The molecule has 10 heteroatoms. The zero-order valence-electron chi connectivity index (χ0n) is 23.4. The van der Waals surface area contributed by atoms with Crippen LogP contribution in [0.1, 0.15) is 55.5 Å². The van der Waals surface area contributed by atoms with Gasteiger partial charge in [-0.3, -0.25) is 14.2 Å². The Labute approximate surface area is 247 Å². The van der Waals surface area contributed by atoms with Crippen molar-refractivity contribution in [2.75, 3.05) is 11.1 Å². The van der Waals surface area contributed by atoms with Crippen LogP contribution in [-0.4, -0.2) is 37.3 Å². The number of benzene rings is 2. The Kier molecular flexibility index (Phi) is 6.85. The monoisotopic (exact) mass is 586 g/mol. The number of hydrogen-bond donors (Lipinski definition) is 2. The first-order valence-electron chi connectivity index (χ1n) is 14.4. The van der Waals surface area contributed by atoms with E-state index in [1.165, 1.54) is 42.4 Å². The van der Waals surface area contributed by atoms with Crippen molar-refractivity contribution in [2.45, 2.75) is 64.1 Å². The van der Waals surface area contributed by atoms with Crippen molar-refractivity contribution in [3.8, 4) is 5.69 Å². The molecule has 2 N–H and O–H groups in total. The Morgan fingerprint density at radius 1 is 1.02 bits per heavy atom. The molecule has 212 valence electrons. The smallest absolute Gasteiger partial charge is 0.236 e. The average molecular weight is 587 g/mol. The summed E-state index contributed by atoms with van der Waals surface area (Å²) >= 11 is 2.79. The maximum Gasteiger partial charge on any atom is 0.236 e. The Bertz CT molecular complexity index is 1570. The lowest BCUT2D eigenvalue weighted by Crippen LogP contribution is -2.53. The Hall–Kier alpha value is -3.24. The standard InChI is InChI=1S/C31H34N6O2S2/c1-18-7-8-19(2)24(9-18)37-26(16-32-28(39)31-13-20-10-21(14-31)12-22(11-20)15-31)35-36-30(37)40-17-27(38)34-29-33-23-5-3-4-6-25(23)41-29/h3-9,20-22H,10-17H2,1-2H3,(H,32,39)(H,33,34,38). The van der Waals surface area contributed by atoms with Crippen LogP contribution in [0.25, 0.3) is 15.9 Å². The molecule has 2 amide bonds. The highest BCUT2D eigenvalue weighted by molar-refractivity contribution is 7.99. The van der Waals surface area contributed by atoms with Crippen LogP contribution in [0.3, 0.4) is 0 Å². The summed E-state index contributed by atoms with van der Waals surface area (Å²) in [4.78, 5) is 31.1. The Morgan fingerprint density at radius 2 is 1.76 bits per heavy atom. The van der Waals surface area contributed by atoms with Crippen LogP contribution in [0.15, 0.2) is 47.6 Å². The number of aryl methyl sites for hydroxylation is 2. The molecule has 0 unspecified atom stereocenters. The quantitative estimate of drug-likeness (QED) is 0.244. The Balaban J connectivity index is 1.09. The van der Waals surface area contributed by atoms with E-state index in [2.05, 4.69) is 57.9 Å². The minimum Gasteiger partial charge on any atom is -0.348 e. The average Bonchev–Trinajstić information content (AvgIpc) is 3.54. The van der Waals surface area contributed by atoms with Crippen molar-refractivity contribution in [3.63, 3.8) is 0 Å². The van der Waals surface area contributed by atoms with Crippen LogP contribution in [0.5, 0.6) is 0 Å². The summed E-state index contributed by atoms with van der Waals surface area (Å²) in [6.45, 7) is 4.42. The van der Waals surface area contributed by atoms with Gasteiger partial charge in [-0.2, -0.15) is 0 Å². The molecule has 4 aliphatic carbocycles. The SMILES string of the molecule is Cc1ccc(C)c(-n2c(CNC(=O)C34CC5CC(CC(C5)C3)C4)nnc2SCC(=O)Nc2nc3ccccc3s2)c1. The van der Waals surface area contributed by atoms with Gasteiger partial charge in [0.15, 0.2) is 16.1 Å². The zero-order chi connectivity index (χ0) is 28.1. The van der Waals surface area contributed by atoms with Crippen molar-refractivity contribution in [1.82, 2.24) is 25.1 Å². The van der Waals surface area contributed by atoms with E-state index in [0.717, 1.165) is 46.3 Å². The second kappa shape index (κ2) is 10.5. The molecule has 4 bridgehead atoms. The van der Waals surface area contributed by atoms with Crippen molar-refractivity contribution >= 4 is 50.3 Å². The van der Waals surface area contributed by atoms with Gasteiger partial charge < -0.3 is 10.6 Å². The van der Waals surface area contributed by atoms with Gasteiger partial charge in [0.05, 0.1) is 28.2 Å². The molecule has 0 atom stereocenters. The third-order valence-corrected chi connectivity index (χ3v) is 11.0. The molecule has 4 aliphatic rings. The maximum atomic E-state index is 13.7. The molecule has 4 saturated carbocycles. The van der Waals surface area contributed by atoms with Gasteiger partial charge in [-0.05, 0) is 99.5 Å². The fraction of sp³-hybridized carbons (Fsp3) is 0.452. The number of para-hydroxylation sites is 1. The number of nitrogens with zero attached hydrogens (tertiary/aromatic N) is 4. The maximum absolute atomic E-state index is 13.7. The number of thiazole rings is 1. The van der Waals surface area contributed by atoms with Crippen molar-refractivity contribution in [2.24, 2.45) is 23.2 Å². The topological polar surface area (TPSA) is 102 Å². The zero-order valence-corrected chi connectivity index (χ0v) is 25.0. The third-order valence-electron chi connectivity index (χ3n) is 9.11. The third kappa shape index (κ3) is 5.16. The number of amides is 2. The number of aromatic nitrogens is 4. The lowest BCUT2D eigenvalue weighted by Gasteiger charge is -2.55. The number of carbonyl (C=O) groups excluding carboxylic acids is 2. The summed E-state index contributed by atoms with van der Waals surface area (Å²) in [5, 5.41) is 16.4. The van der Waals surface area contributed by atoms with E-state index in [9.17, 15) is 9.59 Å². The molecule has 0 aliphatic heterocycles. The van der Waals surface area contributed by atoms with Crippen LogP contribution < -0.4 is 10.6 Å². The number of carbonyl (C=O) groups is 2. The molecule has 2 aromatic carbocycles. The van der Waals surface area contributed by atoms with Gasteiger partial charge in [0.25, 0.3) is 0 Å².